The lowest BCUT2D eigenvalue weighted by molar-refractivity contribution is 0.112. The van der Waals surface area contributed by atoms with Crippen LogP contribution in [0.1, 0.15) is 41.2 Å². The monoisotopic (exact) mass is 215 g/mol. The van der Waals surface area contributed by atoms with Crippen LogP contribution in [0.5, 0.6) is 0 Å². The number of rotatable bonds is 2. The molecule has 0 atom stereocenters. The van der Waals surface area contributed by atoms with Crippen LogP contribution in [0, 0.1) is 0 Å². The summed E-state index contributed by atoms with van der Waals surface area (Å²) in [6.45, 7) is 0. The van der Waals surface area contributed by atoms with Crippen molar-refractivity contribution >= 4 is 17.3 Å². The lowest BCUT2D eigenvalue weighted by Crippen LogP contribution is -2.11. The molecular formula is C12H13N3O. The minimum absolute atomic E-state index is 0.520. The molecule has 2 aromatic rings. The molecule has 4 nitrogen and oxygen atoms in total. The minimum Gasteiger partial charge on any atom is -0.335 e. The van der Waals surface area contributed by atoms with Gasteiger partial charge in [0.25, 0.3) is 0 Å². The molecule has 0 radical (unpaired) electrons. The topological polar surface area (TPSA) is 47.8 Å². The van der Waals surface area contributed by atoms with Crippen LogP contribution in [0.15, 0.2) is 12.5 Å². The second-order valence-corrected chi connectivity index (χ2v) is 4.40. The first-order valence-electron chi connectivity index (χ1n) is 5.56. The van der Waals surface area contributed by atoms with E-state index >= 15 is 0 Å². The second kappa shape index (κ2) is 3.40. The van der Waals surface area contributed by atoms with Crippen molar-refractivity contribution in [2.24, 2.45) is 7.05 Å². The molecule has 16 heavy (non-hydrogen) atoms. The van der Waals surface area contributed by atoms with E-state index in [1.807, 2.05) is 17.8 Å². The summed E-state index contributed by atoms with van der Waals surface area (Å²) in [5.74, 6) is 0.520. The molecule has 0 saturated heterocycles. The summed E-state index contributed by atoms with van der Waals surface area (Å²) < 4.78 is 1.89. The van der Waals surface area contributed by atoms with Gasteiger partial charge in [-0.25, -0.2) is 9.97 Å². The third kappa shape index (κ3) is 1.19. The van der Waals surface area contributed by atoms with Gasteiger partial charge in [-0.15, -0.1) is 0 Å². The van der Waals surface area contributed by atoms with E-state index in [0.717, 1.165) is 23.0 Å². The van der Waals surface area contributed by atoms with Crippen molar-refractivity contribution in [3.63, 3.8) is 0 Å². The molecule has 1 saturated carbocycles. The molecule has 82 valence electrons. The van der Waals surface area contributed by atoms with Crippen molar-refractivity contribution in [2.75, 3.05) is 0 Å². The summed E-state index contributed by atoms with van der Waals surface area (Å²) >= 11 is 0. The van der Waals surface area contributed by atoms with Gasteiger partial charge >= 0.3 is 0 Å². The van der Waals surface area contributed by atoms with Crippen molar-refractivity contribution in [2.45, 2.75) is 25.2 Å². The average molecular weight is 215 g/mol. The zero-order chi connectivity index (χ0) is 11.1. The largest absolute Gasteiger partial charge is 0.335 e. The van der Waals surface area contributed by atoms with Crippen molar-refractivity contribution in [1.29, 1.82) is 0 Å². The Morgan fingerprint density at radius 3 is 2.88 bits per heavy atom. The summed E-state index contributed by atoms with van der Waals surface area (Å²) in [6, 6.07) is 0. The molecule has 0 spiro atoms. The molecule has 1 fully saturated rings. The molecule has 1 aliphatic carbocycles. The van der Waals surface area contributed by atoms with E-state index in [9.17, 15) is 4.79 Å². The van der Waals surface area contributed by atoms with Gasteiger partial charge in [0, 0.05) is 24.7 Å². The van der Waals surface area contributed by atoms with Gasteiger partial charge in [-0.2, -0.15) is 0 Å². The first kappa shape index (κ1) is 9.51. The van der Waals surface area contributed by atoms with E-state index in [-0.39, 0.29) is 0 Å². The zero-order valence-corrected chi connectivity index (χ0v) is 9.18. The highest BCUT2D eigenvalue weighted by Crippen LogP contribution is 2.38. The van der Waals surface area contributed by atoms with Gasteiger partial charge < -0.3 is 4.57 Å². The highest BCUT2D eigenvalue weighted by Gasteiger charge is 2.25. The standard InChI is InChI=1S/C12H13N3O/c1-15-5-9(6-16)10-11(8-3-2-4-8)13-7-14-12(10)15/h5-8H,2-4H2,1H3. The summed E-state index contributed by atoms with van der Waals surface area (Å²) in [7, 11) is 1.91. The van der Waals surface area contributed by atoms with Crippen molar-refractivity contribution in [1.82, 2.24) is 14.5 Å². The normalized spacial score (nSPS) is 16.3. The van der Waals surface area contributed by atoms with Crippen LogP contribution in [0.4, 0.5) is 0 Å². The van der Waals surface area contributed by atoms with Crippen molar-refractivity contribution in [3.8, 4) is 0 Å². The fourth-order valence-corrected chi connectivity index (χ4v) is 2.35. The number of carbonyl (C=O) groups is 1. The smallest absolute Gasteiger partial charge is 0.152 e. The highest BCUT2D eigenvalue weighted by atomic mass is 16.1. The van der Waals surface area contributed by atoms with Crippen LogP contribution in [0.3, 0.4) is 0 Å². The van der Waals surface area contributed by atoms with Gasteiger partial charge in [0.15, 0.2) is 6.29 Å². The van der Waals surface area contributed by atoms with Crippen LogP contribution in [0.2, 0.25) is 0 Å². The van der Waals surface area contributed by atoms with Gasteiger partial charge in [0.1, 0.15) is 12.0 Å². The lowest BCUT2D eigenvalue weighted by Gasteiger charge is -2.25. The van der Waals surface area contributed by atoms with Crippen LogP contribution in [-0.4, -0.2) is 20.8 Å². The predicted molar refractivity (Wildman–Crippen MR) is 60.5 cm³/mol. The number of nitrogens with zero attached hydrogens (tertiary/aromatic N) is 3. The molecule has 0 unspecified atom stereocenters. The van der Waals surface area contributed by atoms with Crippen LogP contribution < -0.4 is 0 Å². The second-order valence-electron chi connectivity index (χ2n) is 4.40. The van der Waals surface area contributed by atoms with Crippen molar-refractivity contribution in [3.05, 3.63) is 23.8 Å². The molecule has 4 heteroatoms. The number of fused-ring (bicyclic) bond motifs is 1. The van der Waals surface area contributed by atoms with Gasteiger partial charge in [-0.1, -0.05) is 6.42 Å². The van der Waals surface area contributed by atoms with Crippen LogP contribution in [-0.2, 0) is 7.05 Å². The van der Waals surface area contributed by atoms with E-state index in [1.54, 1.807) is 6.33 Å². The van der Waals surface area contributed by atoms with Crippen LogP contribution in [0.25, 0.3) is 11.0 Å². The maximum atomic E-state index is 11.0. The molecule has 3 rings (SSSR count). The number of aromatic nitrogens is 3. The third-order valence-corrected chi connectivity index (χ3v) is 3.43. The first-order chi connectivity index (χ1) is 7.81. The van der Waals surface area contributed by atoms with Crippen molar-refractivity contribution < 1.29 is 4.79 Å². The van der Waals surface area contributed by atoms with Gasteiger partial charge in [-0.05, 0) is 12.8 Å². The van der Waals surface area contributed by atoms with Gasteiger partial charge in [0.05, 0.1) is 11.1 Å². The Balaban J connectivity index is 2.30. The average Bonchev–Trinajstić information content (AvgIpc) is 2.55. The molecule has 2 heterocycles. The summed E-state index contributed by atoms with van der Waals surface area (Å²) in [4.78, 5) is 19.7. The SMILES string of the molecule is Cn1cc(C=O)c2c(C3CCC3)ncnc21. The van der Waals surface area contributed by atoms with E-state index in [4.69, 9.17) is 0 Å². The minimum atomic E-state index is 0.520. The summed E-state index contributed by atoms with van der Waals surface area (Å²) in [6.07, 6.45) is 7.95. The third-order valence-electron chi connectivity index (χ3n) is 3.43. The number of carbonyl (C=O) groups excluding carboxylic acids is 1. The molecular weight excluding hydrogens is 202 g/mol. The van der Waals surface area contributed by atoms with Gasteiger partial charge in [-0.3, -0.25) is 4.79 Å². The van der Waals surface area contributed by atoms with Crippen LogP contribution >= 0.6 is 0 Å². The molecule has 0 amide bonds. The Kier molecular flexibility index (Phi) is 2.02. The Morgan fingerprint density at radius 1 is 1.44 bits per heavy atom. The summed E-state index contributed by atoms with van der Waals surface area (Å²) in [5.41, 5.74) is 2.62. The van der Waals surface area contributed by atoms with E-state index in [1.165, 1.54) is 19.3 Å². The Labute approximate surface area is 93.3 Å². The Morgan fingerprint density at radius 2 is 2.25 bits per heavy atom. The van der Waals surface area contributed by atoms with Gasteiger partial charge in [0.2, 0.25) is 0 Å². The molecule has 0 bridgehead atoms. The fraction of sp³-hybridized carbons (Fsp3) is 0.417. The quantitative estimate of drug-likeness (QED) is 0.720. The molecule has 0 N–H and O–H groups in total. The summed E-state index contributed by atoms with van der Waals surface area (Å²) in [5, 5.41) is 0.949. The Hall–Kier alpha value is -1.71. The molecule has 0 aromatic carbocycles. The first-order valence-corrected chi connectivity index (χ1v) is 5.56. The van der Waals surface area contributed by atoms with E-state index < -0.39 is 0 Å². The fourth-order valence-electron chi connectivity index (χ4n) is 2.35. The molecule has 0 aliphatic heterocycles. The molecule has 1 aliphatic rings. The maximum absolute atomic E-state index is 11.0. The highest BCUT2D eigenvalue weighted by molar-refractivity contribution is 5.97. The molecule has 2 aromatic heterocycles. The zero-order valence-electron chi connectivity index (χ0n) is 9.18. The predicted octanol–water partition coefficient (Wildman–Crippen LogP) is 2.05. The van der Waals surface area contributed by atoms with E-state index in [0.29, 0.717) is 11.5 Å². The lowest BCUT2D eigenvalue weighted by atomic mass is 9.81. The number of hydrogen-bond donors (Lipinski definition) is 0. The maximum Gasteiger partial charge on any atom is 0.152 e. The number of aldehydes is 1. The Bertz CT molecular complexity index is 555. The number of hydrogen-bond acceptors (Lipinski definition) is 3. The van der Waals surface area contributed by atoms with E-state index in [2.05, 4.69) is 9.97 Å². The number of aryl methyl sites for hydroxylation is 1.